The third kappa shape index (κ3) is 3.64. The van der Waals surface area contributed by atoms with Crippen molar-refractivity contribution in [1.82, 2.24) is 5.32 Å². The second-order valence-corrected chi connectivity index (χ2v) is 7.82. The first-order valence-electron chi connectivity index (χ1n) is 7.68. The molecule has 0 heterocycles. The van der Waals surface area contributed by atoms with E-state index in [0.29, 0.717) is 5.25 Å². The minimum absolute atomic E-state index is 0.414. The van der Waals surface area contributed by atoms with Gasteiger partial charge in [0, 0.05) is 11.8 Å². The molecule has 18 heavy (non-hydrogen) atoms. The highest BCUT2D eigenvalue weighted by molar-refractivity contribution is 8.00. The molecule has 0 aromatic carbocycles. The molecule has 0 radical (unpaired) electrons. The molecule has 2 atom stereocenters. The van der Waals surface area contributed by atoms with Crippen LogP contribution in [0.2, 0.25) is 0 Å². The number of hydrogen-bond donors (Lipinski definition) is 2. The van der Waals surface area contributed by atoms with E-state index in [1.54, 1.807) is 0 Å². The summed E-state index contributed by atoms with van der Waals surface area (Å²) in [7, 11) is 0. The molecule has 2 rings (SSSR count). The van der Waals surface area contributed by atoms with Crippen LogP contribution in [0.5, 0.6) is 0 Å². The van der Waals surface area contributed by atoms with Crippen LogP contribution in [0.15, 0.2) is 0 Å². The molecular weight excluding hydrogens is 242 g/mol. The average molecular weight is 271 g/mol. The fraction of sp³-hybridized carbons (Fsp3) is 1.00. The lowest BCUT2D eigenvalue weighted by Gasteiger charge is -2.45. The van der Waals surface area contributed by atoms with E-state index in [4.69, 9.17) is 0 Å². The van der Waals surface area contributed by atoms with Crippen LogP contribution in [0.1, 0.15) is 52.4 Å². The van der Waals surface area contributed by atoms with Crippen molar-refractivity contribution in [1.29, 1.82) is 0 Å². The summed E-state index contributed by atoms with van der Waals surface area (Å²) in [5, 5.41) is 14.5. The van der Waals surface area contributed by atoms with E-state index >= 15 is 0 Å². The van der Waals surface area contributed by atoms with E-state index in [0.717, 1.165) is 37.1 Å². The van der Waals surface area contributed by atoms with Crippen LogP contribution in [0, 0.1) is 11.8 Å². The van der Waals surface area contributed by atoms with Crippen molar-refractivity contribution >= 4 is 11.8 Å². The fourth-order valence-electron chi connectivity index (χ4n) is 3.26. The fourth-order valence-corrected chi connectivity index (χ4v) is 4.46. The summed E-state index contributed by atoms with van der Waals surface area (Å²) in [6.45, 7) is 6.46. The van der Waals surface area contributed by atoms with Crippen molar-refractivity contribution < 1.29 is 5.11 Å². The number of nitrogens with one attached hydrogen (secondary N) is 1. The van der Waals surface area contributed by atoms with Gasteiger partial charge in [0.1, 0.15) is 0 Å². The van der Waals surface area contributed by atoms with Crippen molar-refractivity contribution in [2.24, 2.45) is 11.8 Å². The maximum atomic E-state index is 10.5. The molecular formula is C15H29NOS. The van der Waals surface area contributed by atoms with E-state index in [-0.39, 0.29) is 0 Å². The van der Waals surface area contributed by atoms with Crippen LogP contribution in [-0.4, -0.2) is 34.8 Å². The highest BCUT2D eigenvalue weighted by Crippen LogP contribution is 2.40. The molecule has 2 aliphatic rings. The molecule has 0 aliphatic heterocycles. The zero-order valence-electron chi connectivity index (χ0n) is 12.0. The van der Waals surface area contributed by atoms with Crippen LogP contribution in [0.4, 0.5) is 0 Å². The second-order valence-electron chi connectivity index (χ2n) is 6.34. The smallest absolute Gasteiger partial charge is 0.0889 e. The van der Waals surface area contributed by atoms with Gasteiger partial charge in [-0.25, -0.2) is 0 Å². The van der Waals surface area contributed by atoms with Gasteiger partial charge in [0.05, 0.1) is 5.60 Å². The Morgan fingerprint density at radius 2 is 1.94 bits per heavy atom. The summed E-state index contributed by atoms with van der Waals surface area (Å²) in [5.41, 5.74) is -0.414. The summed E-state index contributed by atoms with van der Waals surface area (Å²) < 4.78 is 0. The first kappa shape index (κ1) is 14.7. The Hall–Kier alpha value is 0.270. The summed E-state index contributed by atoms with van der Waals surface area (Å²) in [5.74, 6) is 2.90. The zero-order chi connectivity index (χ0) is 13.0. The molecule has 2 fully saturated rings. The van der Waals surface area contributed by atoms with E-state index in [2.05, 4.69) is 19.2 Å². The summed E-state index contributed by atoms with van der Waals surface area (Å²) in [4.78, 5) is 0. The highest BCUT2D eigenvalue weighted by Gasteiger charge is 2.44. The molecule has 2 saturated carbocycles. The number of thioether (sulfide) groups is 1. The summed E-state index contributed by atoms with van der Waals surface area (Å²) >= 11 is 1.92. The first-order chi connectivity index (χ1) is 8.64. The number of hydrogen-bond acceptors (Lipinski definition) is 3. The lowest BCUT2D eigenvalue weighted by atomic mass is 9.79. The Labute approximate surface area is 116 Å². The van der Waals surface area contributed by atoms with Gasteiger partial charge >= 0.3 is 0 Å². The molecule has 2 N–H and O–H groups in total. The van der Waals surface area contributed by atoms with Crippen LogP contribution in [-0.2, 0) is 0 Å². The van der Waals surface area contributed by atoms with Crippen molar-refractivity contribution in [3.8, 4) is 0 Å². The van der Waals surface area contributed by atoms with Gasteiger partial charge in [-0.3, -0.25) is 0 Å². The minimum Gasteiger partial charge on any atom is -0.387 e. The van der Waals surface area contributed by atoms with Crippen LogP contribution < -0.4 is 5.32 Å². The maximum Gasteiger partial charge on any atom is 0.0889 e. The normalized spacial score (nSPS) is 40.5. The Balaban J connectivity index is 1.63. The predicted molar refractivity (Wildman–Crippen MR) is 80.1 cm³/mol. The molecule has 3 heteroatoms. The van der Waals surface area contributed by atoms with Crippen molar-refractivity contribution in [2.45, 2.75) is 63.2 Å². The Morgan fingerprint density at radius 1 is 1.22 bits per heavy atom. The SMILES string of the molecule is CCSC1CCC1(O)CNCC1CCC(C)CC1. The van der Waals surface area contributed by atoms with E-state index < -0.39 is 5.60 Å². The van der Waals surface area contributed by atoms with Gasteiger partial charge in [-0.2, -0.15) is 11.8 Å². The largest absolute Gasteiger partial charge is 0.387 e. The van der Waals surface area contributed by atoms with E-state index in [9.17, 15) is 5.11 Å². The zero-order valence-corrected chi connectivity index (χ0v) is 12.8. The predicted octanol–water partition coefficient (Wildman–Crippen LogP) is 3.05. The molecule has 106 valence electrons. The lowest BCUT2D eigenvalue weighted by molar-refractivity contribution is -0.0240. The third-order valence-electron chi connectivity index (χ3n) is 4.81. The van der Waals surface area contributed by atoms with E-state index in [1.165, 1.54) is 32.1 Å². The molecule has 0 spiro atoms. The van der Waals surface area contributed by atoms with Gasteiger partial charge in [0.2, 0.25) is 0 Å². The monoisotopic (exact) mass is 271 g/mol. The first-order valence-corrected chi connectivity index (χ1v) is 8.73. The van der Waals surface area contributed by atoms with Gasteiger partial charge in [-0.1, -0.05) is 26.7 Å². The molecule has 2 unspecified atom stereocenters. The lowest BCUT2D eigenvalue weighted by Crippen LogP contribution is -2.56. The van der Waals surface area contributed by atoms with Gasteiger partial charge < -0.3 is 10.4 Å². The van der Waals surface area contributed by atoms with Gasteiger partial charge in [0.25, 0.3) is 0 Å². The van der Waals surface area contributed by atoms with Crippen molar-refractivity contribution in [3.05, 3.63) is 0 Å². The molecule has 0 amide bonds. The molecule has 0 saturated heterocycles. The highest BCUT2D eigenvalue weighted by atomic mass is 32.2. The van der Waals surface area contributed by atoms with E-state index in [1.807, 2.05) is 11.8 Å². The van der Waals surface area contributed by atoms with Crippen LogP contribution in [0.25, 0.3) is 0 Å². The summed E-state index contributed by atoms with van der Waals surface area (Å²) in [6, 6.07) is 0. The average Bonchev–Trinajstić information content (AvgIpc) is 2.37. The third-order valence-corrected chi connectivity index (χ3v) is 6.22. The van der Waals surface area contributed by atoms with Crippen molar-refractivity contribution in [3.63, 3.8) is 0 Å². The van der Waals surface area contributed by atoms with Crippen LogP contribution >= 0.6 is 11.8 Å². The number of aliphatic hydroxyl groups is 1. The quantitative estimate of drug-likeness (QED) is 0.779. The molecule has 2 nitrogen and oxygen atoms in total. The van der Waals surface area contributed by atoms with Gasteiger partial charge in [-0.15, -0.1) is 0 Å². The minimum atomic E-state index is -0.414. The molecule has 0 aromatic heterocycles. The standard InChI is InChI=1S/C15H29NOS/c1-3-18-14-8-9-15(14,17)11-16-10-13-6-4-12(2)5-7-13/h12-14,16-17H,3-11H2,1-2H3. The molecule has 0 bridgehead atoms. The van der Waals surface area contributed by atoms with Gasteiger partial charge in [-0.05, 0) is 49.8 Å². The second kappa shape index (κ2) is 6.62. The van der Waals surface area contributed by atoms with Gasteiger partial charge in [0.15, 0.2) is 0 Å². The molecule has 2 aliphatic carbocycles. The Morgan fingerprint density at radius 3 is 2.50 bits per heavy atom. The topological polar surface area (TPSA) is 32.3 Å². The molecule has 0 aromatic rings. The maximum absolute atomic E-state index is 10.5. The Bertz CT molecular complexity index is 253. The summed E-state index contributed by atoms with van der Waals surface area (Å²) in [6.07, 6.45) is 7.71. The van der Waals surface area contributed by atoms with Crippen LogP contribution in [0.3, 0.4) is 0 Å². The number of rotatable bonds is 6. The Kier molecular flexibility index (Phi) is 5.40. The van der Waals surface area contributed by atoms with Crippen molar-refractivity contribution in [2.75, 3.05) is 18.8 Å².